The molecular weight excluding hydrogens is 336 g/mol. The zero-order chi connectivity index (χ0) is 18.3. The molecule has 1 N–H and O–H groups in total. The van der Waals surface area contributed by atoms with Crippen molar-refractivity contribution >= 4 is 36.0 Å². The van der Waals surface area contributed by atoms with Crippen LogP contribution in [0.5, 0.6) is 0 Å². The first-order valence-corrected chi connectivity index (χ1v) is 8.41. The van der Waals surface area contributed by atoms with Crippen LogP contribution < -0.4 is 5.32 Å². The Morgan fingerprint density at radius 2 is 2.00 bits per heavy atom. The maximum Gasteiger partial charge on any atom is 0.357 e. The molecule has 0 bridgehead atoms. The van der Waals surface area contributed by atoms with Crippen LogP contribution in [-0.4, -0.2) is 51.7 Å². The highest BCUT2D eigenvalue weighted by Crippen LogP contribution is 2.55. The summed E-state index contributed by atoms with van der Waals surface area (Å²) in [7, 11) is 0. The van der Waals surface area contributed by atoms with Crippen molar-refractivity contribution in [2.24, 2.45) is 5.41 Å². The van der Waals surface area contributed by atoms with Gasteiger partial charge in [0.2, 0.25) is 24.8 Å². The number of hydrogen-bond acceptors (Lipinski definition) is 7. The normalized spacial score (nSPS) is 27.8. The Kier molecular flexibility index (Phi) is 4.60. The van der Waals surface area contributed by atoms with Crippen molar-refractivity contribution in [3.05, 3.63) is 0 Å². The van der Waals surface area contributed by atoms with Gasteiger partial charge in [-0.05, 0) is 34.6 Å². The van der Waals surface area contributed by atoms with E-state index >= 15 is 0 Å². The van der Waals surface area contributed by atoms with E-state index in [4.69, 9.17) is 9.47 Å². The molecule has 8 nitrogen and oxygen atoms in total. The molecule has 2 amide bonds. The molecule has 0 saturated carbocycles. The fourth-order valence-electron chi connectivity index (χ4n) is 2.79. The van der Waals surface area contributed by atoms with Crippen molar-refractivity contribution in [2.75, 3.05) is 6.79 Å². The molecule has 2 saturated heterocycles. The zero-order valence-corrected chi connectivity index (χ0v) is 15.2. The number of esters is 2. The number of fused-ring (bicyclic) bond motifs is 1. The molecule has 134 valence electrons. The smallest absolute Gasteiger partial charge is 0.357 e. The molecule has 24 heavy (non-hydrogen) atoms. The zero-order valence-electron chi connectivity index (χ0n) is 14.4. The molecule has 0 unspecified atom stereocenters. The number of carbonyl (C=O) groups is 4. The number of thioether (sulfide) groups is 1. The van der Waals surface area contributed by atoms with Crippen LogP contribution in [0.15, 0.2) is 0 Å². The molecule has 2 rings (SSSR count). The second-order valence-corrected chi connectivity index (χ2v) is 9.06. The number of rotatable bonds is 5. The van der Waals surface area contributed by atoms with Gasteiger partial charge in [-0.3, -0.25) is 19.3 Å². The summed E-state index contributed by atoms with van der Waals surface area (Å²) in [6, 6.07) is 0. The Labute approximate surface area is 144 Å². The Bertz CT molecular complexity index is 585. The van der Waals surface area contributed by atoms with E-state index in [1.165, 1.54) is 16.7 Å². The second-order valence-electron chi connectivity index (χ2n) is 7.25. The van der Waals surface area contributed by atoms with Crippen molar-refractivity contribution in [3.8, 4) is 0 Å². The number of hydrogen-bond donors (Lipinski definition) is 1. The van der Waals surface area contributed by atoms with Crippen LogP contribution in [0.25, 0.3) is 0 Å². The highest BCUT2D eigenvalue weighted by Gasteiger charge is 2.70. The summed E-state index contributed by atoms with van der Waals surface area (Å²) in [6.07, 6.45) is 0.682. The molecule has 2 heterocycles. The standard InChI is InChI=1S/C15H22N2O6S/c1-13(2,3)11(20)22-8-23-12(21)15(16-7-18)14(4,5)24-10-6-9(19)17(10)15/h7,10H,6,8H2,1-5H3,(H,16,18)/t10-,15+/m1/s1. The highest BCUT2D eigenvalue weighted by atomic mass is 32.2. The molecule has 2 aliphatic rings. The minimum Gasteiger partial charge on any atom is -0.427 e. The average molecular weight is 358 g/mol. The summed E-state index contributed by atoms with van der Waals surface area (Å²) in [6.45, 7) is 7.95. The summed E-state index contributed by atoms with van der Waals surface area (Å²) >= 11 is 1.42. The summed E-state index contributed by atoms with van der Waals surface area (Å²) in [5, 5.41) is 2.28. The largest absolute Gasteiger partial charge is 0.427 e. The third-order valence-electron chi connectivity index (χ3n) is 4.12. The van der Waals surface area contributed by atoms with Crippen molar-refractivity contribution in [3.63, 3.8) is 0 Å². The van der Waals surface area contributed by atoms with Gasteiger partial charge in [0.15, 0.2) is 0 Å². The molecule has 0 aromatic heterocycles. The monoisotopic (exact) mass is 358 g/mol. The van der Waals surface area contributed by atoms with E-state index in [9.17, 15) is 19.2 Å². The summed E-state index contributed by atoms with van der Waals surface area (Å²) in [4.78, 5) is 48.8. The first-order valence-electron chi connectivity index (χ1n) is 7.53. The van der Waals surface area contributed by atoms with Crippen LogP contribution >= 0.6 is 11.8 Å². The first kappa shape index (κ1) is 18.6. The molecule has 0 radical (unpaired) electrons. The third-order valence-corrected chi connectivity index (χ3v) is 5.66. The number of carbonyl (C=O) groups excluding carboxylic acids is 4. The number of amides is 2. The topological polar surface area (TPSA) is 102 Å². The minimum atomic E-state index is -1.62. The lowest BCUT2D eigenvalue weighted by molar-refractivity contribution is -0.189. The molecule has 0 spiro atoms. The Hall–Kier alpha value is -1.77. The van der Waals surface area contributed by atoms with Gasteiger partial charge in [-0.15, -0.1) is 11.8 Å². The average Bonchev–Trinajstić information content (AvgIpc) is 2.61. The first-order chi connectivity index (χ1) is 11.0. The lowest BCUT2D eigenvalue weighted by Crippen LogP contribution is -2.74. The SMILES string of the molecule is CC(C)(C)C(=O)OCOC(=O)[C@]1(NC=O)N2C(=O)C[C@H]2SC1(C)C. The van der Waals surface area contributed by atoms with Gasteiger partial charge in [0.1, 0.15) is 0 Å². The van der Waals surface area contributed by atoms with E-state index < -0.39 is 34.6 Å². The van der Waals surface area contributed by atoms with Crippen molar-refractivity contribution in [1.82, 2.24) is 10.2 Å². The van der Waals surface area contributed by atoms with Gasteiger partial charge in [0, 0.05) is 0 Å². The number of nitrogens with zero attached hydrogens (tertiary/aromatic N) is 1. The van der Waals surface area contributed by atoms with E-state index in [1.54, 1.807) is 34.6 Å². The Morgan fingerprint density at radius 1 is 1.38 bits per heavy atom. The third kappa shape index (κ3) is 2.74. The fourth-order valence-corrected chi connectivity index (χ4v) is 4.49. The van der Waals surface area contributed by atoms with Crippen LogP contribution in [0.3, 0.4) is 0 Å². The molecule has 9 heteroatoms. The summed E-state index contributed by atoms with van der Waals surface area (Å²) in [5.41, 5.74) is -2.35. The van der Waals surface area contributed by atoms with Crippen molar-refractivity contribution in [1.29, 1.82) is 0 Å². The van der Waals surface area contributed by atoms with Crippen LogP contribution in [-0.2, 0) is 28.7 Å². The van der Waals surface area contributed by atoms with Crippen LogP contribution in [0, 0.1) is 5.41 Å². The Morgan fingerprint density at radius 3 is 2.50 bits per heavy atom. The molecule has 2 fully saturated rings. The highest BCUT2D eigenvalue weighted by molar-refractivity contribution is 8.01. The van der Waals surface area contributed by atoms with Crippen molar-refractivity contribution in [2.45, 2.75) is 56.8 Å². The molecule has 0 aromatic rings. The predicted molar refractivity (Wildman–Crippen MR) is 85.4 cm³/mol. The van der Waals surface area contributed by atoms with Crippen molar-refractivity contribution < 1.29 is 28.7 Å². The number of β-lactam (4-membered cyclic amide) rings is 1. The Balaban J connectivity index is 2.15. The van der Waals surface area contributed by atoms with E-state index in [1.807, 2.05) is 0 Å². The maximum absolute atomic E-state index is 12.7. The number of nitrogens with one attached hydrogen (secondary N) is 1. The van der Waals surface area contributed by atoms with Gasteiger partial charge in [0.05, 0.1) is 22.0 Å². The van der Waals surface area contributed by atoms with Gasteiger partial charge in [-0.25, -0.2) is 4.79 Å². The van der Waals surface area contributed by atoms with Crippen LogP contribution in [0.2, 0.25) is 0 Å². The second kappa shape index (κ2) is 5.94. The quantitative estimate of drug-likeness (QED) is 0.332. The van der Waals surface area contributed by atoms with E-state index in [0.717, 1.165) is 0 Å². The van der Waals surface area contributed by atoms with Crippen LogP contribution in [0.4, 0.5) is 0 Å². The number of ether oxygens (including phenoxy) is 2. The van der Waals surface area contributed by atoms with Crippen LogP contribution in [0.1, 0.15) is 41.0 Å². The van der Waals surface area contributed by atoms with Gasteiger partial charge >= 0.3 is 11.9 Å². The summed E-state index contributed by atoms with van der Waals surface area (Å²) in [5.74, 6) is -1.59. The molecule has 0 aromatic carbocycles. The molecule has 2 atom stereocenters. The minimum absolute atomic E-state index is 0.190. The van der Waals surface area contributed by atoms with E-state index in [0.29, 0.717) is 12.8 Å². The van der Waals surface area contributed by atoms with Gasteiger partial charge in [0.25, 0.3) is 0 Å². The van der Waals surface area contributed by atoms with E-state index in [2.05, 4.69) is 5.32 Å². The molecule has 0 aliphatic carbocycles. The molecule has 2 aliphatic heterocycles. The summed E-state index contributed by atoms with van der Waals surface area (Å²) < 4.78 is 9.20. The maximum atomic E-state index is 12.7. The van der Waals surface area contributed by atoms with E-state index in [-0.39, 0.29) is 11.3 Å². The predicted octanol–water partition coefficient (Wildman–Crippen LogP) is 0.603. The molecular formula is C15H22N2O6S. The fraction of sp³-hybridized carbons (Fsp3) is 0.733. The van der Waals surface area contributed by atoms with Gasteiger partial charge in [-0.1, -0.05) is 0 Å². The lowest BCUT2D eigenvalue weighted by atomic mass is 9.90. The van der Waals surface area contributed by atoms with Gasteiger partial charge < -0.3 is 14.8 Å². The van der Waals surface area contributed by atoms with Gasteiger partial charge in [-0.2, -0.15) is 0 Å². The lowest BCUT2D eigenvalue weighted by Gasteiger charge is -2.46.